The van der Waals surface area contributed by atoms with E-state index < -0.39 is 15.8 Å². The first-order valence-electron chi connectivity index (χ1n) is 10.6. The molecule has 0 spiro atoms. The van der Waals surface area contributed by atoms with E-state index in [1.165, 1.54) is 22.9 Å². The number of piperidine rings is 1. The second kappa shape index (κ2) is 7.05. The van der Waals surface area contributed by atoms with E-state index in [0.29, 0.717) is 31.8 Å². The van der Waals surface area contributed by atoms with Gasteiger partial charge in [-0.25, -0.2) is 12.8 Å². The number of rotatable bonds is 4. The molecular weight excluding hydrogens is 391 g/mol. The fraction of sp³-hybridized carbons (Fsp3) is 0.682. The zero-order chi connectivity index (χ0) is 21.0. The van der Waals surface area contributed by atoms with Crippen molar-refractivity contribution in [2.24, 2.45) is 22.7 Å². The molecule has 2 bridgehead atoms. The Hall–Kier alpha value is -1.47. The Kier molecular flexibility index (Phi) is 5.05. The van der Waals surface area contributed by atoms with Crippen LogP contribution in [-0.2, 0) is 14.8 Å². The van der Waals surface area contributed by atoms with E-state index in [4.69, 9.17) is 0 Å². The van der Waals surface area contributed by atoms with Crippen LogP contribution in [0.25, 0.3) is 0 Å². The van der Waals surface area contributed by atoms with Gasteiger partial charge in [0.25, 0.3) is 0 Å². The number of carbonyl (C=O) groups is 1. The van der Waals surface area contributed by atoms with E-state index in [2.05, 4.69) is 26.1 Å². The maximum Gasteiger partial charge on any atom is 0.243 e. The Morgan fingerprint density at radius 1 is 1.10 bits per heavy atom. The van der Waals surface area contributed by atoms with Crippen molar-refractivity contribution in [1.82, 2.24) is 9.62 Å². The summed E-state index contributed by atoms with van der Waals surface area (Å²) in [6.45, 7) is 7.59. The number of sulfonamides is 1. The van der Waals surface area contributed by atoms with Crippen LogP contribution < -0.4 is 5.32 Å². The molecule has 0 radical (unpaired) electrons. The Labute approximate surface area is 173 Å². The number of amides is 1. The highest BCUT2D eigenvalue weighted by molar-refractivity contribution is 7.89. The second-order valence-corrected chi connectivity index (χ2v) is 11.7. The number of benzene rings is 1. The van der Waals surface area contributed by atoms with Gasteiger partial charge in [0.2, 0.25) is 15.9 Å². The van der Waals surface area contributed by atoms with Gasteiger partial charge >= 0.3 is 0 Å². The average Bonchev–Trinajstić information content (AvgIpc) is 3.02. The summed E-state index contributed by atoms with van der Waals surface area (Å²) >= 11 is 0. The topological polar surface area (TPSA) is 66.5 Å². The van der Waals surface area contributed by atoms with Crippen LogP contribution in [0.5, 0.6) is 0 Å². The lowest BCUT2D eigenvalue weighted by Gasteiger charge is -2.40. The average molecular weight is 423 g/mol. The smallest absolute Gasteiger partial charge is 0.243 e. The summed E-state index contributed by atoms with van der Waals surface area (Å²) in [6.07, 6.45) is 4.48. The van der Waals surface area contributed by atoms with E-state index in [1.54, 1.807) is 0 Å². The largest absolute Gasteiger partial charge is 0.353 e. The van der Waals surface area contributed by atoms with Gasteiger partial charge in [-0.3, -0.25) is 4.79 Å². The van der Waals surface area contributed by atoms with Gasteiger partial charge < -0.3 is 5.32 Å². The second-order valence-electron chi connectivity index (χ2n) is 9.80. The van der Waals surface area contributed by atoms with Gasteiger partial charge in [0.05, 0.1) is 4.90 Å². The molecule has 3 fully saturated rings. The van der Waals surface area contributed by atoms with Crippen LogP contribution in [0.4, 0.5) is 4.39 Å². The SMILES string of the molecule is CC1(C)C2CCC1(C)C(NC(=O)C1CCN(S(=O)(=O)c3ccc(F)cc3)CC1)C2. The molecule has 1 amide bonds. The number of nitrogens with zero attached hydrogens (tertiary/aromatic N) is 1. The monoisotopic (exact) mass is 422 g/mol. The van der Waals surface area contributed by atoms with Crippen LogP contribution in [0.2, 0.25) is 0 Å². The molecule has 3 aliphatic rings. The molecule has 4 rings (SSSR count). The van der Waals surface area contributed by atoms with Crippen molar-refractivity contribution in [1.29, 1.82) is 0 Å². The fourth-order valence-corrected chi connectivity index (χ4v) is 7.30. The predicted molar refractivity (Wildman–Crippen MR) is 109 cm³/mol. The summed E-state index contributed by atoms with van der Waals surface area (Å²) < 4.78 is 40.0. The molecule has 1 aromatic carbocycles. The van der Waals surface area contributed by atoms with Gasteiger partial charge in [0.15, 0.2) is 0 Å². The molecule has 1 N–H and O–H groups in total. The number of fused-ring (bicyclic) bond motifs is 2. The van der Waals surface area contributed by atoms with Crippen LogP contribution in [0, 0.1) is 28.5 Å². The van der Waals surface area contributed by atoms with Crippen LogP contribution in [0.1, 0.15) is 52.9 Å². The maximum absolute atomic E-state index is 13.1. The van der Waals surface area contributed by atoms with Crippen LogP contribution >= 0.6 is 0 Å². The lowest BCUT2D eigenvalue weighted by Crippen LogP contribution is -2.50. The molecule has 1 aromatic rings. The quantitative estimate of drug-likeness (QED) is 0.807. The first kappa shape index (κ1) is 20.8. The molecule has 5 nitrogen and oxygen atoms in total. The van der Waals surface area contributed by atoms with Crippen molar-refractivity contribution in [2.45, 2.75) is 63.8 Å². The van der Waals surface area contributed by atoms with Crippen LogP contribution in [0.15, 0.2) is 29.2 Å². The molecule has 1 heterocycles. The first-order valence-corrected chi connectivity index (χ1v) is 12.1. The molecule has 2 saturated carbocycles. The van der Waals surface area contributed by atoms with Crippen molar-refractivity contribution in [3.8, 4) is 0 Å². The van der Waals surface area contributed by atoms with Crippen LogP contribution in [0.3, 0.4) is 0 Å². The summed E-state index contributed by atoms with van der Waals surface area (Å²) in [5.74, 6) is 0.122. The minimum absolute atomic E-state index is 0.0680. The van der Waals surface area contributed by atoms with E-state index >= 15 is 0 Å². The molecule has 3 atom stereocenters. The molecule has 2 aliphatic carbocycles. The maximum atomic E-state index is 13.1. The van der Waals surface area contributed by atoms with Crippen molar-refractivity contribution in [3.63, 3.8) is 0 Å². The lowest BCUT2D eigenvalue weighted by atomic mass is 9.69. The number of hydrogen-bond acceptors (Lipinski definition) is 3. The highest BCUT2D eigenvalue weighted by atomic mass is 32.2. The van der Waals surface area contributed by atoms with Gasteiger partial charge in [-0.1, -0.05) is 20.8 Å². The molecule has 1 aliphatic heterocycles. The highest BCUT2D eigenvalue weighted by Gasteiger charge is 2.61. The standard InChI is InChI=1S/C22H31FN2O3S/c1-21(2)16-8-11-22(21,3)19(14-16)24-20(26)15-9-12-25(13-10-15)29(27,28)18-6-4-17(23)5-7-18/h4-7,15-16,19H,8-14H2,1-3H3,(H,24,26). The zero-order valence-corrected chi connectivity index (χ0v) is 18.3. The summed E-state index contributed by atoms with van der Waals surface area (Å²) in [6, 6.07) is 5.11. The lowest BCUT2D eigenvalue weighted by molar-refractivity contribution is -0.127. The Balaban J connectivity index is 1.36. The summed E-state index contributed by atoms with van der Waals surface area (Å²) in [5.41, 5.74) is 0.386. The molecule has 3 unspecified atom stereocenters. The van der Waals surface area contributed by atoms with Crippen molar-refractivity contribution in [2.75, 3.05) is 13.1 Å². The number of nitrogens with one attached hydrogen (secondary N) is 1. The fourth-order valence-electron chi connectivity index (χ4n) is 5.83. The minimum atomic E-state index is -3.65. The summed E-state index contributed by atoms with van der Waals surface area (Å²) in [7, 11) is -3.65. The number of halogens is 1. The third-order valence-corrected chi connectivity index (χ3v) is 10.3. The van der Waals surface area contributed by atoms with E-state index in [-0.39, 0.29) is 33.6 Å². The third kappa shape index (κ3) is 3.30. The number of hydrogen-bond donors (Lipinski definition) is 1. The Morgan fingerprint density at radius 2 is 1.72 bits per heavy atom. The molecule has 0 aromatic heterocycles. The van der Waals surface area contributed by atoms with Gasteiger partial charge in [-0.15, -0.1) is 0 Å². The van der Waals surface area contributed by atoms with Crippen molar-refractivity contribution < 1.29 is 17.6 Å². The molecule has 1 saturated heterocycles. The molecular formula is C22H31FN2O3S. The summed E-state index contributed by atoms with van der Waals surface area (Å²) in [5, 5.41) is 3.32. The van der Waals surface area contributed by atoms with Gasteiger partial charge in [0, 0.05) is 25.0 Å². The molecule has 7 heteroatoms. The van der Waals surface area contributed by atoms with E-state index in [0.717, 1.165) is 25.0 Å². The molecule has 160 valence electrons. The summed E-state index contributed by atoms with van der Waals surface area (Å²) in [4.78, 5) is 13.0. The van der Waals surface area contributed by atoms with Gasteiger partial charge in [-0.05, 0) is 73.1 Å². The normalized spacial score (nSPS) is 32.4. The highest BCUT2D eigenvalue weighted by Crippen LogP contribution is 2.65. The Bertz CT molecular complexity index is 891. The zero-order valence-electron chi connectivity index (χ0n) is 17.4. The Morgan fingerprint density at radius 3 is 2.24 bits per heavy atom. The third-order valence-electron chi connectivity index (χ3n) is 8.39. The number of carbonyl (C=O) groups excluding carboxylic acids is 1. The van der Waals surface area contributed by atoms with Gasteiger partial charge in [-0.2, -0.15) is 4.31 Å². The molecule has 29 heavy (non-hydrogen) atoms. The first-order chi connectivity index (χ1) is 13.6. The van der Waals surface area contributed by atoms with Crippen molar-refractivity contribution in [3.05, 3.63) is 30.1 Å². The van der Waals surface area contributed by atoms with E-state index in [9.17, 15) is 17.6 Å². The van der Waals surface area contributed by atoms with E-state index in [1.807, 2.05) is 0 Å². The predicted octanol–water partition coefficient (Wildman–Crippen LogP) is 3.56. The van der Waals surface area contributed by atoms with Crippen LogP contribution in [-0.4, -0.2) is 37.8 Å². The van der Waals surface area contributed by atoms with Crippen molar-refractivity contribution >= 4 is 15.9 Å². The van der Waals surface area contributed by atoms with Gasteiger partial charge in [0.1, 0.15) is 5.82 Å². The minimum Gasteiger partial charge on any atom is -0.353 e.